The number of benzene rings is 2. The number of fused-ring (bicyclic) bond motifs is 2. The van der Waals surface area contributed by atoms with E-state index >= 15 is 0 Å². The third kappa shape index (κ3) is 2.08. The molecule has 0 amide bonds. The molecule has 22 heavy (non-hydrogen) atoms. The molecule has 1 fully saturated rings. The summed E-state index contributed by atoms with van der Waals surface area (Å²) in [4.78, 5) is 0. The van der Waals surface area contributed by atoms with Gasteiger partial charge in [0.25, 0.3) is 0 Å². The lowest BCUT2D eigenvalue weighted by Crippen LogP contribution is -2.37. The lowest BCUT2D eigenvalue weighted by atomic mass is 9.82. The van der Waals surface area contributed by atoms with E-state index in [4.69, 9.17) is 9.47 Å². The first-order valence-corrected chi connectivity index (χ1v) is 7.81. The van der Waals surface area contributed by atoms with Crippen LogP contribution in [0.3, 0.4) is 0 Å². The van der Waals surface area contributed by atoms with E-state index in [-0.39, 0.29) is 6.04 Å². The number of hydrogen-bond donors (Lipinski definition) is 1. The predicted octanol–water partition coefficient (Wildman–Crippen LogP) is 3.43. The first kappa shape index (κ1) is 13.6. The van der Waals surface area contributed by atoms with E-state index in [0.717, 1.165) is 18.0 Å². The molecule has 1 spiro atoms. The summed E-state index contributed by atoms with van der Waals surface area (Å²) < 4.78 is 10.7. The summed E-state index contributed by atoms with van der Waals surface area (Å²) in [5.74, 6) is 1.86. The fraction of sp³-hybridized carbons (Fsp3) is 0.368. The molecule has 1 atom stereocenters. The summed E-state index contributed by atoms with van der Waals surface area (Å²) in [5, 5.41) is 3.74. The number of rotatable bonds is 3. The largest absolute Gasteiger partial charge is 0.497 e. The number of ether oxygens (including phenoxy) is 2. The summed E-state index contributed by atoms with van der Waals surface area (Å²) in [6.07, 6.45) is 2.55. The maximum absolute atomic E-state index is 5.44. The van der Waals surface area contributed by atoms with Gasteiger partial charge in [-0.05, 0) is 53.8 Å². The molecule has 0 saturated heterocycles. The van der Waals surface area contributed by atoms with Crippen LogP contribution in [0, 0.1) is 0 Å². The van der Waals surface area contributed by atoms with E-state index in [1.54, 1.807) is 14.2 Å². The Morgan fingerprint density at radius 1 is 0.955 bits per heavy atom. The Bertz CT molecular complexity index is 689. The van der Waals surface area contributed by atoms with Crippen LogP contribution in [0.2, 0.25) is 0 Å². The molecular weight excluding hydrogens is 274 g/mol. The zero-order valence-electron chi connectivity index (χ0n) is 13.1. The van der Waals surface area contributed by atoms with Crippen LogP contribution >= 0.6 is 0 Å². The van der Waals surface area contributed by atoms with Gasteiger partial charge in [0.2, 0.25) is 0 Å². The third-order valence-corrected chi connectivity index (χ3v) is 5.09. The third-order valence-electron chi connectivity index (χ3n) is 5.09. The van der Waals surface area contributed by atoms with Crippen molar-refractivity contribution in [2.24, 2.45) is 0 Å². The Morgan fingerprint density at radius 3 is 2.27 bits per heavy atom. The van der Waals surface area contributed by atoms with Crippen molar-refractivity contribution in [1.82, 2.24) is 5.32 Å². The SMILES string of the molecule is COc1ccc(C2NCC3(CC3)c3cc(OC)ccc32)cc1. The maximum atomic E-state index is 5.44. The average molecular weight is 295 g/mol. The standard InChI is InChI=1S/C19H21NO2/c1-21-14-5-3-13(4-6-14)18-16-8-7-15(22-2)11-17(16)19(9-10-19)12-20-18/h3-8,11,18,20H,9-10,12H2,1-2H3. The van der Waals surface area contributed by atoms with Gasteiger partial charge in [-0.15, -0.1) is 0 Å². The van der Waals surface area contributed by atoms with E-state index in [0.29, 0.717) is 5.41 Å². The molecular formula is C19H21NO2. The van der Waals surface area contributed by atoms with Gasteiger partial charge in [-0.1, -0.05) is 18.2 Å². The van der Waals surface area contributed by atoms with Crippen molar-refractivity contribution >= 4 is 0 Å². The molecule has 1 heterocycles. The van der Waals surface area contributed by atoms with E-state index in [9.17, 15) is 0 Å². The summed E-state index contributed by atoms with van der Waals surface area (Å²) in [6.45, 7) is 1.05. The van der Waals surface area contributed by atoms with Crippen LogP contribution in [0.1, 0.15) is 35.6 Å². The molecule has 1 aliphatic heterocycles. The minimum atomic E-state index is 0.248. The molecule has 3 nitrogen and oxygen atoms in total. The van der Waals surface area contributed by atoms with Gasteiger partial charge >= 0.3 is 0 Å². The molecule has 3 heteroatoms. The van der Waals surface area contributed by atoms with Crippen LogP contribution in [0.4, 0.5) is 0 Å². The fourth-order valence-electron chi connectivity index (χ4n) is 3.57. The van der Waals surface area contributed by atoms with Gasteiger partial charge in [-0.25, -0.2) is 0 Å². The zero-order valence-corrected chi connectivity index (χ0v) is 13.1. The van der Waals surface area contributed by atoms with E-state index in [1.807, 2.05) is 12.1 Å². The lowest BCUT2D eigenvalue weighted by Gasteiger charge is -2.33. The Labute approximate surface area is 131 Å². The van der Waals surface area contributed by atoms with E-state index in [2.05, 4.69) is 35.6 Å². The Hall–Kier alpha value is -2.00. The number of hydrogen-bond acceptors (Lipinski definition) is 3. The fourth-order valence-corrected chi connectivity index (χ4v) is 3.57. The van der Waals surface area contributed by atoms with Gasteiger partial charge < -0.3 is 14.8 Å². The van der Waals surface area contributed by atoms with Gasteiger partial charge in [0.1, 0.15) is 11.5 Å². The monoisotopic (exact) mass is 295 g/mol. The van der Waals surface area contributed by atoms with Crippen LogP contribution in [-0.2, 0) is 5.41 Å². The Morgan fingerprint density at radius 2 is 1.64 bits per heavy atom. The minimum absolute atomic E-state index is 0.248. The van der Waals surface area contributed by atoms with Gasteiger partial charge in [-0.2, -0.15) is 0 Å². The van der Waals surface area contributed by atoms with E-state index < -0.39 is 0 Å². The molecule has 0 radical (unpaired) electrons. The van der Waals surface area contributed by atoms with Crippen molar-refractivity contribution < 1.29 is 9.47 Å². The normalized spacial score (nSPS) is 21.3. The smallest absolute Gasteiger partial charge is 0.119 e. The molecule has 4 rings (SSSR count). The quantitative estimate of drug-likeness (QED) is 0.941. The predicted molar refractivity (Wildman–Crippen MR) is 86.7 cm³/mol. The van der Waals surface area contributed by atoms with Crippen molar-refractivity contribution in [2.45, 2.75) is 24.3 Å². The molecule has 1 aliphatic carbocycles. The van der Waals surface area contributed by atoms with E-state index in [1.165, 1.54) is 29.5 Å². The topological polar surface area (TPSA) is 30.5 Å². The molecule has 2 aliphatic rings. The van der Waals surface area contributed by atoms with Crippen molar-refractivity contribution in [3.63, 3.8) is 0 Å². The van der Waals surface area contributed by atoms with Gasteiger partial charge in [0.15, 0.2) is 0 Å². The molecule has 0 bridgehead atoms. The molecule has 1 N–H and O–H groups in total. The highest BCUT2D eigenvalue weighted by Gasteiger charge is 2.49. The van der Waals surface area contributed by atoms with Crippen molar-refractivity contribution in [1.29, 1.82) is 0 Å². The molecule has 114 valence electrons. The molecule has 2 aromatic carbocycles. The summed E-state index contributed by atoms with van der Waals surface area (Å²) in [6, 6.07) is 15.1. The molecule has 1 unspecified atom stereocenters. The van der Waals surface area contributed by atoms with Crippen molar-refractivity contribution in [3.8, 4) is 11.5 Å². The molecule has 2 aromatic rings. The maximum Gasteiger partial charge on any atom is 0.119 e. The van der Waals surface area contributed by atoms with Crippen LogP contribution in [0.15, 0.2) is 42.5 Å². The zero-order chi connectivity index (χ0) is 15.2. The van der Waals surface area contributed by atoms with Gasteiger partial charge in [-0.3, -0.25) is 0 Å². The highest BCUT2D eigenvalue weighted by atomic mass is 16.5. The molecule has 1 saturated carbocycles. The number of nitrogens with one attached hydrogen (secondary N) is 1. The second-order valence-corrected chi connectivity index (χ2v) is 6.32. The van der Waals surface area contributed by atoms with Crippen LogP contribution in [-0.4, -0.2) is 20.8 Å². The summed E-state index contributed by atoms with van der Waals surface area (Å²) >= 11 is 0. The highest BCUT2D eigenvalue weighted by Crippen LogP contribution is 2.53. The summed E-state index contributed by atoms with van der Waals surface area (Å²) in [7, 11) is 3.44. The Balaban J connectivity index is 1.76. The van der Waals surface area contributed by atoms with Crippen molar-refractivity contribution in [2.75, 3.05) is 20.8 Å². The first-order chi connectivity index (χ1) is 10.8. The number of methoxy groups -OCH3 is 2. The average Bonchev–Trinajstić information content (AvgIpc) is 3.36. The van der Waals surface area contributed by atoms with Crippen LogP contribution < -0.4 is 14.8 Å². The summed E-state index contributed by atoms with van der Waals surface area (Å²) in [5.41, 5.74) is 4.47. The Kier molecular flexibility index (Phi) is 3.12. The highest BCUT2D eigenvalue weighted by molar-refractivity contribution is 5.50. The second kappa shape index (κ2) is 5.03. The van der Waals surface area contributed by atoms with Crippen LogP contribution in [0.25, 0.3) is 0 Å². The van der Waals surface area contributed by atoms with Crippen molar-refractivity contribution in [3.05, 3.63) is 59.2 Å². The van der Waals surface area contributed by atoms with Gasteiger partial charge in [0, 0.05) is 12.0 Å². The van der Waals surface area contributed by atoms with Gasteiger partial charge in [0.05, 0.1) is 20.3 Å². The minimum Gasteiger partial charge on any atom is -0.497 e. The second-order valence-electron chi connectivity index (χ2n) is 6.32. The molecule has 0 aromatic heterocycles. The van der Waals surface area contributed by atoms with Crippen LogP contribution in [0.5, 0.6) is 11.5 Å². The first-order valence-electron chi connectivity index (χ1n) is 7.81. The lowest BCUT2D eigenvalue weighted by molar-refractivity contribution is 0.409.